The van der Waals surface area contributed by atoms with E-state index in [-0.39, 0.29) is 5.97 Å². The average Bonchev–Trinajstić information content (AvgIpc) is 2.32. The highest BCUT2D eigenvalue weighted by Crippen LogP contribution is 2.07. The second-order valence-electron chi connectivity index (χ2n) is 5.65. The summed E-state index contributed by atoms with van der Waals surface area (Å²) in [7, 11) is 0. The first-order valence-corrected chi connectivity index (χ1v) is 7.30. The Balaban J connectivity index is 0. The zero-order valence-corrected chi connectivity index (χ0v) is 13.4. The zero-order valence-electron chi connectivity index (χ0n) is 13.4. The third kappa shape index (κ3) is 21.9. The average molecular weight is 286 g/mol. The molecular formula is C16H30O4. The minimum Gasteiger partial charge on any atom is -0.481 e. The van der Waals surface area contributed by atoms with Crippen LogP contribution >= 0.6 is 0 Å². The van der Waals surface area contributed by atoms with E-state index in [2.05, 4.69) is 13.5 Å². The van der Waals surface area contributed by atoms with Crippen molar-refractivity contribution in [2.24, 2.45) is 0 Å². The van der Waals surface area contributed by atoms with Gasteiger partial charge < -0.3 is 9.84 Å². The van der Waals surface area contributed by atoms with Crippen LogP contribution in [0.5, 0.6) is 0 Å². The van der Waals surface area contributed by atoms with Gasteiger partial charge in [0.05, 0.1) is 0 Å². The lowest BCUT2D eigenvalue weighted by atomic mass is 10.1. The predicted molar refractivity (Wildman–Crippen MR) is 81.7 cm³/mol. The molecule has 0 aliphatic carbocycles. The van der Waals surface area contributed by atoms with Crippen LogP contribution in [0.15, 0.2) is 12.7 Å². The zero-order chi connectivity index (χ0) is 16.0. The minimum absolute atomic E-state index is 0.339. The van der Waals surface area contributed by atoms with Gasteiger partial charge in [-0.15, -0.1) is 0 Å². The normalized spacial score (nSPS) is 10.2. The van der Waals surface area contributed by atoms with Crippen molar-refractivity contribution in [2.75, 3.05) is 0 Å². The molecule has 0 spiro atoms. The molecule has 0 bridgehead atoms. The largest absolute Gasteiger partial charge is 0.481 e. The molecule has 0 rings (SSSR count). The number of carbonyl (C=O) groups excluding carboxylic acids is 1. The van der Waals surface area contributed by atoms with Crippen LogP contribution in [0.25, 0.3) is 0 Å². The van der Waals surface area contributed by atoms with Gasteiger partial charge in [-0.3, -0.25) is 4.79 Å². The number of aliphatic carboxylic acids is 1. The SMILES string of the molecule is C=CC(=O)OC(C)(C)C.CCCCCCCCC(=O)O. The van der Waals surface area contributed by atoms with Gasteiger partial charge in [-0.25, -0.2) is 4.79 Å². The lowest BCUT2D eigenvalue weighted by Crippen LogP contribution is -2.22. The van der Waals surface area contributed by atoms with Crippen molar-refractivity contribution in [3.05, 3.63) is 12.7 Å². The smallest absolute Gasteiger partial charge is 0.330 e. The van der Waals surface area contributed by atoms with Gasteiger partial charge in [-0.05, 0) is 27.2 Å². The third-order valence-electron chi connectivity index (χ3n) is 2.32. The number of rotatable bonds is 8. The van der Waals surface area contributed by atoms with E-state index >= 15 is 0 Å². The van der Waals surface area contributed by atoms with Crippen molar-refractivity contribution in [1.82, 2.24) is 0 Å². The predicted octanol–water partition coefficient (Wildman–Crippen LogP) is 4.34. The molecule has 1 N–H and O–H groups in total. The van der Waals surface area contributed by atoms with Crippen LogP contribution < -0.4 is 0 Å². The second-order valence-corrected chi connectivity index (χ2v) is 5.65. The second kappa shape index (κ2) is 12.7. The molecule has 4 nitrogen and oxygen atoms in total. The maximum absolute atomic E-state index is 10.5. The Bertz CT molecular complexity index is 277. The highest BCUT2D eigenvalue weighted by atomic mass is 16.6. The van der Waals surface area contributed by atoms with Gasteiger partial charge in [-0.1, -0.05) is 45.6 Å². The van der Waals surface area contributed by atoms with Gasteiger partial charge in [0.1, 0.15) is 5.60 Å². The Hall–Kier alpha value is -1.32. The van der Waals surface area contributed by atoms with Crippen LogP contribution in [0.2, 0.25) is 0 Å². The molecule has 0 unspecified atom stereocenters. The Morgan fingerprint density at radius 1 is 1.10 bits per heavy atom. The van der Waals surface area contributed by atoms with Gasteiger partial charge in [0.15, 0.2) is 0 Å². The molecule has 118 valence electrons. The monoisotopic (exact) mass is 286 g/mol. The van der Waals surface area contributed by atoms with Crippen LogP contribution in [0.4, 0.5) is 0 Å². The summed E-state index contributed by atoms with van der Waals surface area (Å²) in [4.78, 5) is 20.6. The van der Waals surface area contributed by atoms with Crippen molar-refractivity contribution in [2.45, 2.75) is 78.2 Å². The topological polar surface area (TPSA) is 63.6 Å². The van der Waals surface area contributed by atoms with E-state index in [4.69, 9.17) is 9.84 Å². The van der Waals surface area contributed by atoms with E-state index in [0.29, 0.717) is 6.42 Å². The number of carboxylic acids is 1. The molecule has 0 heterocycles. The summed E-state index contributed by atoms with van der Waals surface area (Å²) in [6.07, 6.45) is 8.41. The van der Waals surface area contributed by atoms with Crippen molar-refractivity contribution in [3.8, 4) is 0 Å². The van der Waals surface area contributed by atoms with E-state index in [9.17, 15) is 9.59 Å². The van der Waals surface area contributed by atoms with Gasteiger partial charge in [0.25, 0.3) is 0 Å². The molecule has 0 saturated heterocycles. The lowest BCUT2D eigenvalue weighted by molar-refractivity contribution is -0.148. The molecule has 20 heavy (non-hydrogen) atoms. The summed E-state index contributed by atoms with van der Waals surface area (Å²) in [6, 6.07) is 0. The van der Waals surface area contributed by atoms with Crippen molar-refractivity contribution < 1.29 is 19.4 Å². The quantitative estimate of drug-likeness (QED) is 0.409. The number of carbonyl (C=O) groups is 2. The molecule has 0 atom stereocenters. The lowest BCUT2D eigenvalue weighted by Gasteiger charge is -2.17. The fourth-order valence-electron chi connectivity index (χ4n) is 1.40. The summed E-state index contributed by atoms with van der Waals surface area (Å²) in [5, 5.41) is 8.32. The van der Waals surface area contributed by atoms with E-state index < -0.39 is 11.6 Å². The van der Waals surface area contributed by atoms with Gasteiger partial charge in [0.2, 0.25) is 0 Å². The number of esters is 1. The van der Waals surface area contributed by atoms with Crippen LogP contribution in [0.3, 0.4) is 0 Å². The van der Waals surface area contributed by atoms with E-state index in [1.807, 2.05) is 20.8 Å². The molecule has 0 aliphatic rings. The van der Waals surface area contributed by atoms with Crippen LogP contribution in [0.1, 0.15) is 72.6 Å². The van der Waals surface area contributed by atoms with E-state index in [1.54, 1.807) is 0 Å². The fourth-order valence-corrected chi connectivity index (χ4v) is 1.40. The molecule has 0 fully saturated rings. The third-order valence-corrected chi connectivity index (χ3v) is 2.32. The molecule has 0 amide bonds. The number of ether oxygens (including phenoxy) is 1. The Morgan fingerprint density at radius 2 is 1.60 bits per heavy atom. The van der Waals surface area contributed by atoms with Crippen molar-refractivity contribution in [3.63, 3.8) is 0 Å². The first-order valence-electron chi connectivity index (χ1n) is 7.30. The Kier molecular flexibility index (Phi) is 13.3. The summed E-state index contributed by atoms with van der Waals surface area (Å²) in [5.74, 6) is -1.04. The summed E-state index contributed by atoms with van der Waals surface area (Å²) in [6.45, 7) is 10.9. The van der Waals surface area contributed by atoms with Gasteiger partial charge in [-0.2, -0.15) is 0 Å². The molecular weight excluding hydrogens is 256 g/mol. The Morgan fingerprint density at radius 3 is 1.95 bits per heavy atom. The van der Waals surface area contributed by atoms with Crippen LogP contribution in [0, 0.1) is 0 Å². The molecule has 0 saturated carbocycles. The first-order chi connectivity index (χ1) is 9.22. The molecule has 0 radical (unpaired) electrons. The van der Waals surface area contributed by atoms with Crippen molar-refractivity contribution in [1.29, 1.82) is 0 Å². The highest BCUT2D eigenvalue weighted by Gasteiger charge is 2.12. The summed E-state index contributed by atoms with van der Waals surface area (Å²) in [5.41, 5.74) is -0.398. The standard InChI is InChI=1S/C9H18O2.C7H12O2/c1-2-3-4-5-6-7-8-9(10)11;1-5-6(8)9-7(2,3)4/h2-8H2,1H3,(H,10,11);5H,1H2,2-4H3. The number of unbranched alkanes of at least 4 members (excludes halogenated alkanes) is 5. The summed E-state index contributed by atoms with van der Waals surface area (Å²) < 4.78 is 4.83. The number of hydrogen-bond donors (Lipinski definition) is 1. The molecule has 0 aromatic heterocycles. The molecule has 0 aromatic rings. The molecule has 0 aromatic carbocycles. The van der Waals surface area contributed by atoms with Crippen LogP contribution in [-0.2, 0) is 14.3 Å². The molecule has 0 aliphatic heterocycles. The highest BCUT2D eigenvalue weighted by molar-refractivity contribution is 5.81. The Labute approximate surface area is 123 Å². The maximum Gasteiger partial charge on any atom is 0.330 e. The minimum atomic E-state index is -0.666. The fraction of sp³-hybridized carbons (Fsp3) is 0.750. The van der Waals surface area contributed by atoms with Crippen molar-refractivity contribution >= 4 is 11.9 Å². The van der Waals surface area contributed by atoms with Gasteiger partial charge >= 0.3 is 11.9 Å². The number of hydrogen-bond acceptors (Lipinski definition) is 3. The van der Waals surface area contributed by atoms with Gasteiger partial charge in [0, 0.05) is 12.5 Å². The van der Waals surface area contributed by atoms with E-state index in [1.165, 1.54) is 25.7 Å². The summed E-state index contributed by atoms with van der Waals surface area (Å²) >= 11 is 0. The maximum atomic E-state index is 10.5. The van der Waals surface area contributed by atoms with Crippen LogP contribution in [-0.4, -0.2) is 22.6 Å². The number of carboxylic acid groups (broad SMARTS) is 1. The van der Waals surface area contributed by atoms with E-state index in [0.717, 1.165) is 18.9 Å². The molecule has 4 heteroatoms. The first kappa shape index (κ1) is 21.0.